The summed E-state index contributed by atoms with van der Waals surface area (Å²) in [5.74, 6) is -4.66. The summed E-state index contributed by atoms with van der Waals surface area (Å²) in [4.78, 5) is 71.5. The van der Waals surface area contributed by atoms with Crippen LogP contribution < -0.4 is 38.9 Å². The van der Waals surface area contributed by atoms with E-state index < -0.39 is 53.8 Å². The van der Waals surface area contributed by atoms with E-state index in [0.717, 1.165) is 0 Å². The van der Waals surface area contributed by atoms with Gasteiger partial charge in [0.15, 0.2) is 5.96 Å². The predicted molar refractivity (Wildman–Crippen MR) is 136 cm³/mol. The third-order valence-electron chi connectivity index (χ3n) is 5.02. The van der Waals surface area contributed by atoms with Crippen LogP contribution in [0.3, 0.4) is 0 Å². The number of carboxylic acids is 1. The minimum absolute atomic E-state index is 0.0308. The molecule has 1 heterocycles. The standard InChI is InChI=1S/C20H34N10O6S/c21-11(6-10-7-25-9-27-10)16(32)28-13(3-4-15(22)31)18(34)29-12(2-1-5-26-20(23)24)17(33)30-14(8-37)19(35)36/h7,9,11-14,37H,1-6,8,21H2,(H2,22,31)(H,25,27)(H,28,32)(H,29,34)(H,30,33)(H,35,36)(H4,23,24,26). The molecule has 0 aliphatic heterocycles. The van der Waals surface area contributed by atoms with Gasteiger partial charge in [-0.05, 0) is 19.3 Å². The SMILES string of the molecule is NC(=O)CCC(NC(=O)C(N)Cc1cnc[nH]1)C(=O)NC(CCCN=C(N)N)C(=O)NC(CS)C(=O)O. The van der Waals surface area contributed by atoms with Gasteiger partial charge in [-0.15, -0.1) is 0 Å². The summed E-state index contributed by atoms with van der Waals surface area (Å²) in [6, 6.07) is -4.83. The van der Waals surface area contributed by atoms with E-state index in [0.29, 0.717) is 5.69 Å². The Morgan fingerprint density at radius 3 is 2.11 bits per heavy atom. The van der Waals surface area contributed by atoms with Gasteiger partial charge < -0.3 is 49.0 Å². The van der Waals surface area contributed by atoms with Crippen LogP contribution in [0, 0.1) is 0 Å². The zero-order chi connectivity index (χ0) is 28.0. The molecule has 37 heavy (non-hydrogen) atoms. The van der Waals surface area contributed by atoms with Gasteiger partial charge in [-0.3, -0.25) is 24.2 Å². The molecule has 0 saturated carbocycles. The first-order chi connectivity index (χ1) is 17.4. The van der Waals surface area contributed by atoms with Crippen LogP contribution in [0.15, 0.2) is 17.5 Å². The van der Waals surface area contributed by atoms with Gasteiger partial charge in [0.25, 0.3) is 0 Å². The van der Waals surface area contributed by atoms with E-state index in [4.69, 9.17) is 22.9 Å². The number of primary amides is 1. The zero-order valence-electron chi connectivity index (χ0n) is 20.1. The Bertz CT molecular complexity index is 953. The minimum atomic E-state index is -1.31. The lowest BCUT2D eigenvalue weighted by Crippen LogP contribution is -2.57. The second-order valence-corrected chi connectivity index (χ2v) is 8.41. The van der Waals surface area contributed by atoms with Crippen LogP contribution in [-0.2, 0) is 30.4 Å². The van der Waals surface area contributed by atoms with Gasteiger partial charge in [0, 0.05) is 37.0 Å². The Balaban J connectivity index is 2.99. The van der Waals surface area contributed by atoms with Crippen molar-refractivity contribution in [2.75, 3.05) is 12.3 Å². The van der Waals surface area contributed by atoms with Gasteiger partial charge in [0.05, 0.1) is 12.4 Å². The Labute approximate surface area is 218 Å². The number of nitrogens with one attached hydrogen (secondary N) is 4. The number of hydrogen-bond acceptors (Lipinski definition) is 9. The molecule has 0 saturated heterocycles. The molecule has 4 atom stereocenters. The molecule has 0 fully saturated rings. The van der Waals surface area contributed by atoms with Crippen molar-refractivity contribution in [1.29, 1.82) is 0 Å². The Kier molecular flexibility index (Phi) is 13.5. The summed E-state index contributed by atoms with van der Waals surface area (Å²) in [5.41, 5.74) is 22.3. The largest absolute Gasteiger partial charge is 0.480 e. The molecule has 0 aromatic carbocycles. The van der Waals surface area contributed by atoms with Crippen molar-refractivity contribution in [3.8, 4) is 0 Å². The van der Waals surface area contributed by atoms with Gasteiger partial charge in [0.2, 0.25) is 23.6 Å². The minimum Gasteiger partial charge on any atom is -0.480 e. The van der Waals surface area contributed by atoms with Crippen molar-refractivity contribution in [3.05, 3.63) is 18.2 Å². The van der Waals surface area contributed by atoms with Crippen LogP contribution in [0.5, 0.6) is 0 Å². The molecular formula is C20H34N10O6S. The average molecular weight is 543 g/mol. The highest BCUT2D eigenvalue weighted by Crippen LogP contribution is 2.05. The molecule has 0 radical (unpaired) electrons. The fraction of sp³-hybridized carbons (Fsp3) is 0.550. The van der Waals surface area contributed by atoms with Crippen LogP contribution in [-0.4, -0.2) is 87.1 Å². The van der Waals surface area contributed by atoms with E-state index in [1.807, 2.05) is 0 Å². The van der Waals surface area contributed by atoms with Gasteiger partial charge in [-0.1, -0.05) is 0 Å². The second kappa shape index (κ2) is 16.0. The number of nitrogens with two attached hydrogens (primary N) is 4. The summed E-state index contributed by atoms with van der Waals surface area (Å²) in [5, 5.41) is 16.5. The maximum absolute atomic E-state index is 13.1. The first kappa shape index (κ1) is 31.2. The number of guanidine groups is 1. The molecule has 1 aromatic rings. The molecular weight excluding hydrogens is 508 g/mol. The molecule has 17 heteroatoms. The van der Waals surface area contributed by atoms with Crippen molar-refractivity contribution in [1.82, 2.24) is 25.9 Å². The number of carbonyl (C=O) groups excluding carboxylic acids is 4. The normalized spacial score (nSPS) is 13.9. The van der Waals surface area contributed by atoms with Crippen molar-refractivity contribution in [2.24, 2.45) is 27.9 Å². The van der Waals surface area contributed by atoms with Crippen LogP contribution >= 0.6 is 12.6 Å². The molecule has 1 rings (SSSR count). The molecule has 13 N–H and O–H groups in total. The van der Waals surface area contributed by atoms with E-state index in [9.17, 15) is 29.1 Å². The highest BCUT2D eigenvalue weighted by Gasteiger charge is 2.30. The summed E-state index contributed by atoms with van der Waals surface area (Å²) < 4.78 is 0. The number of rotatable bonds is 17. The molecule has 4 unspecified atom stereocenters. The molecule has 16 nitrogen and oxygen atoms in total. The van der Waals surface area contributed by atoms with Crippen molar-refractivity contribution in [3.63, 3.8) is 0 Å². The van der Waals surface area contributed by atoms with Crippen molar-refractivity contribution >= 4 is 48.2 Å². The van der Waals surface area contributed by atoms with E-state index >= 15 is 0 Å². The Hall–Kier alpha value is -3.86. The molecule has 1 aromatic heterocycles. The number of imidazole rings is 1. The zero-order valence-corrected chi connectivity index (χ0v) is 20.9. The highest BCUT2D eigenvalue weighted by atomic mass is 32.1. The average Bonchev–Trinajstić information content (AvgIpc) is 3.33. The summed E-state index contributed by atoms with van der Waals surface area (Å²) >= 11 is 3.91. The second-order valence-electron chi connectivity index (χ2n) is 8.05. The number of nitrogens with zero attached hydrogens (tertiary/aromatic N) is 2. The van der Waals surface area contributed by atoms with E-state index in [1.54, 1.807) is 0 Å². The number of hydrogen-bond donors (Lipinski definition) is 10. The first-order valence-electron chi connectivity index (χ1n) is 11.3. The van der Waals surface area contributed by atoms with Gasteiger partial charge in [0.1, 0.15) is 18.1 Å². The number of aliphatic carboxylic acids is 1. The van der Waals surface area contributed by atoms with Gasteiger partial charge in [-0.2, -0.15) is 12.6 Å². The number of aromatic nitrogens is 2. The number of thiol groups is 1. The number of aromatic amines is 1. The Morgan fingerprint density at radius 1 is 1.00 bits per heavy atom. The van der Waals surface area contributed by atoms with E-state index in [2.05, 4.69) is 43.5 Å². The number of carbonyl (C=O) groups is 5. The molecule has 206 valence electrons. The summed E-state index contributed by atoms with van der Waals surface area (Å²) in [6.07, 6.45) is 2.89. The van der Waals surface area contributed by atoms with Crippen LogP contribution in [0.25, 0.3) is 0 Å². The number of carboxylic acid groups (broad SMARTS) is 1. The smallest absolute Gasteiger partial charge is 0.327 e. The fourth-order valence-corrected chi connectivity index (χ4v) is 3.31. The van der Waals surface area contributed by atoms with Crippen LogP contribution in [0.2, 0.25) is 0 Å². The number of aliphatic imine (C=N–C) groups is 1. The van der Waals surface area contributed by atoms with Gasteiger partial charge in [-0.25, -0.2) is 9.78 Å². The maximum atomic E-state index is 13.1. The maximum Gasteiger partial charge on any atom is 0.327 e. The summed E-state index contributed by atoms with van der Waals surface area (Å²) in [7, 11) is 0. The topological polar surface area (TPSA) is 287 Å². The van der Waals surface area contributed by atoms with E-state index in [1.165, 1.54) is 12.5 Å². The number of amides is 4. The molecule has 4 amide bonds. The fourth-order valence-electron chi connectivity index (χ4n) is 3.06. The lowest BCUT2D eigenvalue weighted by Gasteiger charge is -2.25. The van der Waals surface area contributed by atoms with E-state index in [-0.39, 0.29) is 50.4 Å². The van der Waals surface area contributed by atoms with Crippen molar-refractivity contribution in [2.45, 2.75) is 56.3 Å². The van der Waals surface area contributed by atoms with Gasteiger partial charge >= 0.3 is 5.97 Å². The third kappa shape index (κ3) is 12.1. The lowest BCUT2D eigenvalue weighted by atomic mass is 10.1. The van der Waals surface area contributed by atoms with Crippen LogP contribution in [0.1, 0.15) is 31.4 Å². The highest BCUT2D eigenvalue weighted by molar-refractivity contribution is 7.80. The predicted octanol–water partition coefficient (Wildman–Crippen LogP) is -3.93. The Morgan fingerprint density at radius 2 is 1.59 bits per heavy atom. The quantitative estimate of drug-likeness (QED) is 0.0394. The molecule has 0 aliphatic rings. The molecule has 0 spiro atoms. The monoisotopic (exact) mass is 542 g/mol. The molecule has 0 aliphatic carbocycles. The summed E-state index contributed by atoms with van der Waals surface area (Å²) in [6.45, 7) is 0.140. The molecule has 0 bridgehead atoms. The van der Waals surface area contributed by atoms with Crippen molar-refractivity contribution < 1.29 is 29.1 Å². The first-order valence-corrected chi connectivity index (χ1v) is 11.9. The number of H-pyrrole nitrogens is 1. The lowest BCUT2D eigenvalue weighted by molar-refractivity contribution is -0.141. The van der Waals surface area contributed by atoms with Crippen LogP contribution in [0.4, 0.5) is 0 Å². The third-order valence-corrected chi connectivity index (χ3v) is 5.38.